The Balaban J connectivity index is 1.14. The number of rotatable bonds is 4. The highest BCUT2D eigenvalue weighted by molar-refractivity contribution is 7.26. The summed E-state index contributed by atoms with van der Waals surface area (Å²) in [6, 6.07) is 69.8. The van der Waals surface area contributed by atoms with E-state index in [2.05, 4.69) is 199 Å². The van der Waals surface area contributed by atoms with Gasteiger partial charge < -0.3 is 4.57 Å². The first kappa shape index (κ1) is 33.3. The van der Waals surface area contributed by atoms with Crippen molar-refractivity contribution in [3.8, 4) is 39.9 Å². The van der Waals surface area contributed by atoms with Crippen molar-refractivity contribution in [3.05, 3.63) is 194 Å². The highest BCUT2D eigenvalue weighted by atomic mass is 32.1. The van der Waals surface area contributed by atoms with Gasteiger partial charge in [0.25, 0.3) is 0 Å². The van der Waals surface area contributed by atoms with E-state index in [9.17, 15) is 0 Å². The SMILES string of the molecule is c1ccc2cc(-c3nc(-c4cc(-n5c6ccccc6c6cc7ccccc7cc65)c5c(c4)sc4ccccc45)nc(-c4cc5ccccc5c5ccccc45)n3)ccc2c1. The second-order valence-electron chi connectivity index (χ2n) is 15.6. The van der Waals surface area contributed by atoms with E-state index in [1.54, 1.807) is 0 Å². The predicted octanol–water partition coefficient (Wildman–Crippen LogP) is 15.0. The van der Waals surface area contributed by atoms with Crippen LogP contribution in [0.3, 0.4) is 0 Å². The van der Waals surface area contributed by atoms with Crippen LogP contribution < -0.4 is 0 Å². The molecular weight excluding hydrogens is 749 g/mol. The third-order valence-corrected chi connectivity index (χ3v) is 13.3. The van der Waals surface area contributed by atoms with Crippen molar-refractivity contribution in [2.75, 3.05) is 0 Å². The molecule has 4 nitrogen and oxygen atoms in total. The Bertz CT molecular complexity index is 3910. The van der Waals surface area contributed by atoms with Gasteiger partial charge in [-0.3, -0.25) is 0 Å². The van der Waals surface area contributed by atoms with Crippen LogP contribution in [0.5, 0.6) is 0 Å². The minimum Gasteiger partial charge on any atom is -0.309 e. The van der Waals surface area contributed by atoms with Gasteiger partial charge in [-0.15, -0.1) is 11.3 Å². The second-order valence-corrected chi connectivity index (χ2v) is 16.7. The molecule has 0 saturated heterocycles. The van der Waals surface area contributed by atoms with Crippen molar-refractivity contribution >= 4 is 96.4 Å². The van der Waals surface area contributed by atoms with Crippen molar-refractivity contribution in [3.63, 3.8) is 0 Å². The van der Waals surface area contributed by atoms with Crippen LogP contribution in [-0.4, -0.2) is 19.5 Å². The molecule has 0 saturated carbocycles. The number of aromatic nitrogens is 4. The minimum absolute atomic E-state index is 0.632. The van der Waals surface area contributed by atoms with Gasteiger partial charge in [-0.1, -0.05) is 146 Å². The zero-order chi connectivity index (χ0) is 39.3. The van der Waals surface area contributed by atoms with Gasteiger partial charge in [-0.2, -0.15) is 0 Å². The predicted molar refractivity (Wildman–Crippen MR) is 253 cm³/mol. The lowest BCUT2D eigenvalue weighted by Crippen LogP contribution is -2.02. The average Bonchev–Trinajstić information content (AvgIpc) is 3.85. The van der Waals surface area contributed by atoms with E-state index in [1.165, 1.54) is 63.4 Å². The Morgan fingerprint density at radius 3 is 1.75 bits per heavy atom. The van der Waals surface area contributed by atoms with Crippen LogP contribution in [0.4, 0.5) is 0 Å². The number of thiophene rings is 1. The lowest BCUT2D eigenvalue weighted by atomic mass is 9.97. The third kappa shape index (κ3) is 5.06. The Morgan fingerprint density at radius 1 is 0.333 bits per heavy atom. The maximum absolute atomic E-state index is 5.44. The van der Waals surface area contributed by atoms with E-state index in [1.807, 2.05) is 11.3 Å². The van der Waals surface area contributed by atoms with E-state index in [0.29, 0.717) is 17.5 Å². The first-order valence-electron chi connectivity index (χ1n) is 20.3. The van der Waals surface area contributed by atoms with Crippen LogP contribution in [0, 0.1) is 0 Å². The Morgan fingerprint density at radius 2 is 0.933 bits per heavy atom. The van der Waals surface area contributed by atoms with Gasteiger partial charge in [0.1, 0.15) is 0 Å². The molecule has 0 amide bonds. The number of benzene rings is 10. The molecular formula is C55H32N4S. The fourth-order valence-corrected chi connectivity index (χ4v) is 10.5. The Kier molecular flexibility index (Phi) is 7.14. The number of fused-ring (bicyclic) bond motifs is 11. The van der Waals surface area contributed by atoms with Gasteiger partial charge in [0.05, 0.1) is 16.7 Å². The number of para-hydroxylation sites is 1. The molecule has 0 aliphatic heterocycles. The normalized spacial score (nSPS) is 12.0. The van der Waals surface area contributed by atoms with E-state index in [-0.39, 0.29) is 0 Å². The van der Waals surface area contributed by atoms with Crippen molar-refractivity contribution < 1.29 is 0 Å². The van der Waals surface area contributed by atoms with E-state index in [0.717, 1.165) is 44.1 Å². The number of nitrogens with zero attached hydrogens (tertiary/aromatic N) is 4. The smallest absolute Gasteiger partial charge is 0.164 e. The fraction of sp³-hybridized carbons (Fsp3) is 0. The van der Waals surface area contributed by atoms with Crippen molar-refractivity contribution in [2.24, 2.45) is 0 Å². The number of hydrogen-bond donors (Lipinski definition) is 0. The first-order chi connectivity index (χ1) is 29.7. The third-order valence-electron chi connectivity index (χ3n) is 12.1. The molecule has 60 heavy (non-hydrogen) atoms. The van der Waals surface area contributed by atoms with E-state index < -0.39 is 0 Å². The molecule has 0 spiro atoms. The molecule has 3 heterocycles. The maximum atomic E-state index is 5.44. The molecule has 5 heteroatoms. The highest BCUT2D eigenvalue weighted by Crippen LogP contribution is 2.44. The van der Waals surface area contributed by atoms with Gasteiger partial charge in [-0.25, -0.2) is 15.0 Å². The molecule has 278 valence electrons. The molecule has 0 N–H and O–H groups in total. The molecule has 0 atom stereocenters. The Labute approximate surface area is 348 Å². The van der Waals surface area contributed by atoms with Gasteiger partial charge in [0.2, 0.25) is 0 Å². The molecule has 3 aromatic heterocycles. The van der Waals surface area contributed by atoms with Crippen LogP contribution in [-0.2, 0) is 0 Å². The zero-order valence-corrected chi connectivity index (χ0v) is 33.0. The van der Waals surface area contributed by atoms with E-state index in [4.69, 9.17) is 15.0 Å². The number of hydrogen-bond acceptors (Lipinski definition) is 4. The van der Waals surface area contributed by atoms with E-state index >= 15 is 0 Å². The van der Waals surface area contributed by atoms with Gasteiger partial charge in [-0.05, 0) is 91.6 Å². The largest absolute Gasteiger partial charge is 0.309 e. The summed E-state index contributed by atoms with van der Waals surface area (Å²) < 4.78 is 4.89. The zero-order valence-electron chi connectivity index (χ0n) is 32.2. The summed E-state index contributed by atoms with van der Waals surface area (Å²) in [5.41, 5.74) is 6.29. The summed E-state index contributed by atoms with van der Waals surface area (Å²) in [6.07, 6.45) is 0. The second kappa shape index (κ2) is 12.9. The molecule has 0 aliphatic carbocycles. The van der Waals surface area contributed by atoms with Crippen LogP contribution in [0.2, 0.25) is 0 Å². The maximum Gasteiger partial charge on any atom is 0.164 e. The molecule has 0 fully saturated rings. The summed E-state index contributed by atoms with van der Waals surface area (Å²) in [5.74, 6) is 1.91. The summed E-state index contributed by atoms with van der Waals surface area (Å²) in [4.78, 5) is 16.1. The van der Waals surface area contributed by atoms with Gasteiger partial charge >= 0.3 is 0 Å². The highest BCUT2D eigenvalue weighted by Gasteiger charge is 2.22. The molecule has 10 aromatic carbocycles. The van der Waals surface area contributed by atoms with Crippen molar-refractivity contribution in [2.45, 2.75) is 0 Å². The fourth-order valence-electron chi connectivity index (χ4n) is 9.37. The first-order valence-corrected chi connectivity index (χ1v) is 21.1. The molecule has 13 rings (SSSR count). The van der Waals surface area contributed by atoms with Gasteiger partial charge in [0.15, 0.2) is 17.5 Å². The van der Waals surface area contributed by atoms with Crippen LogP contribution in [0.15, 0.2) is 194 Å². The van der Waals surface area contributed by atoms with Crippen molar-refractivity contribution in [1.29, 1.82) is 0 Å². The lowest BCUT2D eigenvalue weighted by molar-refractivity contribution is 1.08. The minimum atomic E-state index is 0.632. The monoisotopic (exact) mass is 780 g/mol. The van der Waals surface area contributed by atoms with Gasteiger partial charge in [0, 0.05) is 47.6 Å². The van der Waals surface area contributed by atoms with Crippen LogP contribution >= 0.6 is 11.3 Å². The molecule has 0 radical (unpaired) electrons. The summed E-state index contributed by atoms with van der Waals surface area (Å²) >= 11 is 1.82. The molecule has 0 bridgehead atoms. The standard InChI is InChI=1S/C55H32N4S/c1-2-14-34-27-38(26-25-33(34)13-1)53-56-54(58-55(57-53)46-29-37-17-5-6-18-40(37)41-19-7-8-20-42(41)46)39-31-49(52-44-22-10-12-24-50(44)60-51(52)32-39)59-47-23-11-9-21-43(47)45-28-35-15-3-4-16-36(35)30-48(45)59/h1-32H. The lowest BCUT2D eigenvalue weighted by Gasteiger charge is -2.15. The summed E-state index contributed by atoms with van der Waals surface area (Å²) in [5, 5.41) is 14.3. The topological polar surface area (TPSA) is 43.6 Å². The van der Waals surface area contributed by atoms with Crippen LogP contribution in [0.25, 0.3) is 125 Å². The summed E-state index contributed by atoms with van der Waals surface area (Å²) in [7, 11) is 0. The molecule has 13 aromatic rings. The van der Waals surface area contributed by atoms with Crippen molar-refractivity contribution in [1.82, 2.24) is 19.5 Å². The van der Waals surface area contributed by atoms with Crippen LogP contribution in [0.1, 0.15) is 0 Å². The molecule has 0 aliphatic rings. The quantitative estimate of drug-likeness (QED) is 0.167. The average molecular weight is 781 g/mol. The molecule has 0 unspecified atom stereocenters. The Hall–Kier alpha value is -7.73. The summed E-state index contributed by atoms with van der Waals surface area (Å²) in [6.45, 7) is 0.